The van der Waals surface area contributed by atoms with Crippen LogP contribution < -0.4 is 15.8 Å². The molecule has 1 aromatic carbocycles. The van der Waals surface area contributed by atoms with E-state index in [1.807, 2.05) is 0 Å². The van der Waals surface area contributed by atoms with Crippen LogP contribution in [0.3, 0.4) is 0 Å². The van der Waals surface area contributed by atoms with Gasteiger partial charge in [0.25, 0.3) is 0 Å². The van der Waals surface area contributed by atoms with Crippen molar-refractivity contribution in [3.63, 3.8) is 0 Å². The maximum absolute atomic E-state index is 11.9. The van der Waals surface area contributed by atoms with Crippen LogP contribution in [0.25, 0.3) is 0 Å². The van der Waals surface area contributed by atoms with Crippen molar-refractivity contribution >= 4 is 17.3 Å². The fourth-order valence-electron chi connectivity index (χ4n) is 2.06. The predicted molar refractivity (Wildman–Crippen MR) is 78.9 cm³/mol. The quantitative estimate of drug-likeness (QED) is 0.594. The molecular weight excluding hydrogens is 256 g/mol. The molecule has 0 bridgehead atoms. The highest BCUT2D eigenvalue weighted by Crippen LogP contribution is 2.26. The molecule has 0 spiro atoms. The fourth-order valence-corrected chi connectivity index (χ4v) is 2.06. The molecular formula is C15H22N2O3. The minimum atomic E-state index is -0.0499. The van der Waals surface area contributed by atoms with Crippen molar-refractivity contribution in [2.45, 2.75) is 38.2 Å². The van der Waals surface area contributed by atoms with Crippen LogP contribution in [-0.2, 0) is 9.53 Å². The molecule has 110 valence electrons. The van der Waals surface area contributed by atoms with Gasteiger partial charge in [-0.25, -0.2) is 0 Å². The van der Waals surface area contributed by atoms with E-state index in [1.165, 1.54) is 6.42 Å². The largest absolute Gasteiger partial charge is 0.495 e. The lowest BCUT2D eigenvalue weighted by molar-refractivity contribution is -0.116. The fraction of sp³-hybridized carbons (Fsp3) is 0.533. The summed E-state index contributed by atoms with van der Waals surface area (Å²) < 4.78 is 10.8. The minimum Gasteiger partial charge on any atom is -0.495 e. The van der Waals surface area contributed by atoms with E-state index >= 15 is 0 Å². The molecule has 1 aromatic rings. The van der Waals surface area contributed by atoms with Crippen molar-refractivity contribution in [2.24, 2.45) is 0 Å². The van der Waals surface area contributed by atoms with Gasteiger partial charge in [-0.1, -0.05) is 0 Å². The molecule has 0 radical (unpaired) electrons. The smallest absolute Gasteiger partial charge is 0.224 e. The Morgan fingerprint density at radius 2 is 2.25 bits per heavy atom. The van der Waals surface area contributed by atoms with E-state index in [4.69, 9.17) is 15.2 Å². The Morgan fingerprint density at radius 3 is 2.90 bits per heavy atom. The number of rotatable bonds is 7. The zero-order chi connectivity index (χ0) is 14.4. The zero-order valence-electron chi connectivity index (χ0n) is 11.9. The Kier molecular flexibility index (Phi) is 5.24. The van der Waals surface area contributed by atoms with Crippen LogP contribution >= 0.6 is 0 Å². The highest BCUT2D eigenvalue weighted by Gasteiger charge is 2.17. The van der Waals surface area contributed by atoms with E-state index in [0.717, 1.165) is 19.3 Å². The summed E-state index contributed by atoms with van der Waals surface area (Å²) in [5.41, 5.74) is 6.91. The molecule has 20 heavy (non-hydrogen) atoms. The van der Waals surface area contributed by atoms with Crippen molar-refractivity contribution < 1.29 is 14.3 Å². The van der Waals surface area contributed by atoms with E-state index in [-0.39, 0.29) is 5.91 Å². The number of nitrogens with two attached hydrogens (primary N) is 1. The SMILES string of the molecule is COc1ccc(N)cc1NC(=O)CCCOC1CCC1. The van der Waals surface area contributed by atoms with Crippen LogP contribution in [0, 0.1) is 0 Å². The minimum absolute atomic E-state index is 0.0499. The van der Waals surface area contributed by atoms with Crippen molar-refractivity contribution in [1.29, 1.82) is 0 Å². The number of hydrogen-bond acceptors (Lipinski definition) is 4. The number of anilines is 2. The molecule has 5 nitrogen and oxygen atoms in total. The van der Waals surface area contributed by atoms with Gasteiger partial charge in [0.2, 0.25) is 5.91 Å². The summed E-state index contributed by atoms with van der Waals surface area (Å²) in [4.78, 5) is 11.9. The summed E-state index contributed by atoms with van der Waals surface area (Å²) in [5, 5.41) is 2.82. The third-order valence-electron chi connectivity index (χ3n) is 3.45. The zero-order valence-corrected chi connectivity index (χ0v) is 11.9. The van der Waals surface area contributed by atoms with Crippen LogP contribution in [0.15, 0.2) is 18.2 Å². The Morgan fingerprint density at radius 1 is 1.45 bits per heavy atom. The average Bonchev–Trinajstić information content (AvgIpc) is 2.36. The van der Waals surface area contributed by atoms with E-state index in [9.17, 15) is 4.79 Å². The second-order valence-corrected chi connectivity index (χ2v) is 5.04. The monoisotopic (exact) mass is 278 g/mol. The molecule has 0 heterocycles. The molecule has 1 amide bonds. The van der Waals surface area contributed by atoms with E-state index in [0.29, 0.717) is 36.3 Å². The van der Waals surface area contributed by atoms with E-state index < -0.39 is 0 Å². The standard InChI is InChI=1S/C15H22N2O3/c1-19-14-8-7-11(16)10-13(14)17-15(18)6-3-9-20-12-4-2-5-12/h7-8,10,12H,2-6,9,16H2,1H3,(H,17,18). The first-order valence-corrected chi connectivity index (χ1v) is 7.04. The number of hydrogen-bond donors (Lipinski definition) is 2. The summed E-state index contributed by atoms with van der Waals surface area (Å²) in [6.45, 7) is 0.645. The van der Waals surface area contributed by atoms with E-state index in [1.54, 1.807) is 25.3 Å². The molecule has 2 rings (SSSR count). The van der Waals surface area contributed by atoms with Gasteiger partial charge in [0.15, 0.2) is 0 Å². The average molecular weight is 278 g/mol. The number of benzene rings is 1. The number of carbonyl (C=O) groups excluding carboxylic acids is 1. The molecule has 0 atom stereocenters. The first-order valence-electron chi connectivity index (χ1n) is 7.04. The molecule has 1 aliphatic carbocycles. The topological polar surface area (TPSA) is 73.6 Å². The highest BCUT2D eigenvalue weighted by molar-refractivity contribution is 5.92. The summed E-state index contributed by atoms with van der Waals surface area (Å²) in [6.07, 6.45) is 5.17. The van der Waals surface area contributed by atoms with Gasteiger partial charge in [0.05, 0.1) is 18.9 Å². The van der Waals surface area contributed by atoms with Crippen molar-refractivity contribution in [2.75, 3.05) is 24.8 Å². The molecule has 1 aliphatic rings. The molecule has 1 saturated carbocycles. The molecule has 0 saturated heterocycles. The summed E-state index contributed by atoms with van der Waals surface area (Å²) in [7, 11) is 1.56. The van der Waals surface area contributed by atoms with Gasteiger partial charge < -0.3 is 20.5 Å². The van der Waals surface area contributed by atoms with Crippen molar-refractivity contribution in [1.82, 2.24) is 0 Å². The number of methoxy groups -OCH3 is 1. The van der Waals surface area contributed by atoms with Crippen molar-refractivity contribution in [3.8, 4) is 5.75 Å². The van der Waals surface area contributed by atoms with Crippen LogP contribution in [0.4, 0.5) is 11.4 Å². The lowest BCUT2D eigenvalue weighted by Crippen LogP contribution is -2.22. The van der Waals surface area contributed by atoms with Crippen LogP contribution in [0.2, 0.25) is 0 Å². The molecule has 1 fully saturated rings. The Bertz CT molecular complexity index is 458. The molecule has 0 unspecified atom stereocenters. The summed E-state index contributed by atoms with van der Waals surface area (Å²) in [5.74, 6) is 0.560. The predicted octanol–water partition coefficient (Wildman–Crippen LogP) is 2.57. The van der Waals surface area contributed by atoms with E-state index in [2.05, 4.69) is 5.32 Å². The molecule has 3 N–H and O–H groups in total. The van der Waals surface area contributed by atoms with Gasteiger partial charge >= 0.3 is 0 Å². The summed E-state index contributed by atoms with van der Waals surface area (Å²) >= 11 is 0. The van der Waals surface area contributed by atoms with Gasteiger partial charge in [-0.15, -0.1) is 0 Å². The van der Waals surface area contributed by atoms with Crippen LogP contribution in [0.1, 0.15) is 32.1 Å². The first kappa shape index (κ1) is 14.7. The lowest BCUT2D eigenvalue weighted by Gasteiger charge is -2.25. The number of nitrogen functional groups attached to an aromatic ring is 1. The number of amides is 1. The molecule has 0 aromatic heterocycles. The Labute approximate surface area is 119 Å². The third-order valence-corrected chi connectivity index (χ3v) is 3.45. The number of nitrogens with one attached hydrogen (secondary N) is 1. The Balaban J connectivity index is 1.74. The molecule has 0 aliphatic heterocycles. The van der Waals surface area contributed by atoms with Gasteiger partial charge in [0, 0.05) is 18.7 Å². The maximum atomic E-state index is 11.9. The van der Waals surface area contributed by atoms with Crippen LogP contribution in [-0.4, -0.2) is 25.7 Å². The summed E-state index contributed by atoms with van der Waals surface area (Å²) in [6, 6.07) is 5.17. The van der Waals surface area contributed by atoms with Gasteiger partial charge in [-0.05, 0) is 43.9 Å². The number of ether oxygens (including phenoxy) is 2. The second kappa shape index (κ2) is 7.14. The maximum Gasteiger partial charge on any atom is 0.224 e. The highest BCUT2D eigenvalue weighted by atomic mass is 16.5. The van der Waals surface area contributed by atoms with Gasteiger partial charge in [-0.3, -0.25) is 4.79 Å². The van der Waals surface area contributed by atoms with Crippen molar-refractivity contribution in [3.05, 3.63) is 18.2 Å². The Hall–Kier alpha value is -1.75. The lowest BCUT2D eigenvalue weighted by atomic mass is 9.96. The van der Waals surface area contributed by atoms with Gasteiger partial charge in [-0.2, -0.15) is 0 Å². The first-order chi connectivity index (χ1) is 9.69. The second-order valence-electron chi connectivity index (χ2n) is 5.04. The third kappa shape index (κ3) is 4.13. The molecule has 5 heteroatoms. The van der Waals surface area contributed by atoms with Crippen LogP contribution in [0.5, 0.6) is 5.75 Å². The van der Waals surface area contributed by atoms with Gasteiger partial charge in [0.1, 0.15) is 5.75 Å². The number of carbonyl (C=O) groups is 1. The normalized spacial score (nSPS) is 14.7.